The number of esters is 1. The van der Waals surface area contributed by atoms with E-state index in [1.807, 2.05) is 13.0 Å². The van der Waals surface area contributed by atoms with Crippen LogP contribution in [0.3, 0.4) is 0 Å². The molecule has 2 aromatic heterocycles. The Balaban J connectivity index is 1.83. The summed E-state index contributed by atoms with van der Waals surface area (Å²) in [5.41, 5.74) is 1.56. The molecule has 28 heavy (non-hydrogen) atoms. The summed E-state index contributed by atoms with van der Waals surface area (Å²) in [6.45, 7) is 3.77. The number of anilines is 1. The number of aromatic nitrogens is 2. The van der Waals surface area contributed by atoms with Gasteiger partial charge in [-0.25, -0.2) is 4.79 Å². The Labute approximate surface area is 160 Å². The van der Waals surface area contributed by atoms with Crippen molar-refractivity contribution in [1.82, 2.24) is 9.78 Å². The summed E-state index contributed by atoms with van der Waals surface area (Å²) in [7, 11) is 1.59. The second-order valence-corrected chi connectivity index (χ2v) is 6.09. The lowest BCUT2D eigenvalue weighted by Gasteiger charge is -2.06. The molecule has 3 rings (SSSR count). The first kappa shape index (κ1) is 19.1. The number of fused-ring (bicyclic) bond motifs is 1. The smallest absolute Gasteiger partial charge is 0.343 e. The van der Waals surface area contributed by atoms with E-state index in [9.17, 15) is 14.4 Å². The van der Waals surface area contributed by atoms with Gasteiger partial charge in [-0.3, -0.25) is 14.3 Å². The minimum Gasteiger partial charge on any atom is -0.463 e. The number of benzene rings is 1. The number of nitrogens with one attached hydrogen (secondary N) is 1. The van der Waals surface area contributed by atoms with Gasteiger partial charge in [0.15, 0.2) is 5.43 Å². The molecule has 0 bridgehead atoms. The second kappa shape index (κ2) is 7.91. The van der Waals surface area contributed by atoms with E-state index in [0.29, 0.717) is 11.0 Å². The summed E-state index contributed by atoms with van der Waals surface area (Å²) >= 11 is 0. The van der Waals surface area contributed by atoms with Crippen molar-refractivity contribution in [1.29, 1.82) is 0 Å². The van der Waals surface area contributed by atoms with Gasteiger partial charge in [0.2, 0.25) is 5.91 Å². The summed E-state index contributed by atoms with van der Waals surface area (Å²) in [5.74, 6) is -0.910. The van der Waals surface area contributed by atoms with Gasteiger partial charge in [0, 0.05) is 13.1 Å². The first-order chi connectivity index (χ1) is 13.4. The van der Waals surface area contributed by atoms with Gasteiger partial charge in [-0.15, -0.1) is 0 Å². The molecule has 2 heterocycles. The van der Waals surface area contributed by atoms with E-state index in [0.717, 1.165) is 5.56 Å². The van der Waals surface area contributed by atoms with Crippen LogP contribution >= 0.6 is 0 Å². The quantitative estimate of drug-likeness (QED) is 0.538. The fourth-order valence-electron chi connectivity index (χ4n) is 2.64. The van der Waals surface area contributed by atoms with E-state index in [-0.39, 0.29) is 29.0 Å². The van der Waals surface area contributed by atoms with Crippen LogP contribution in [-0.2, 0) is 16.6 Å². The monoisotopic (exact) mass is 381 g/mol. The summed E-state index contributed by atoms with van der Waals surface area (Å²) < 4.78 is 11.8. The van der Waals surface area contributed by atoms with Crippen molar-refractivity contribution in [2.24, 2.45) is 7.05 Å². The van der Waals surface area contributed by atoms with Crippen LogP contribution in [-0.4, -0.2) is 28.3 Å². The highest BCUT2D eigenvalue weighted by Gasteiger charge is 2.18. The number of rotatable bonds is 5. The molecule has 0 unspecified atom stereocenters. The molecule has 1 aromatic carbocycles. The van der Waals surface area contributed by atoms with Gasteiger partial charge in [0.25, 0.3) is 0 Å². The van der Waals surface area contributed by atoms with Crippen molar-refractivity contribution in [2.45, 2.75) is 13.8 Å². The van der Waals surface area contributed by atoms with Crippen LogP contribution in [0.25, 0.3) is 17.0 Å². The fourth-order valence-corrected chi connectivity index (χ4v) is 2.64. The molecule has 8 nitrogen and oxygen atoms in total. The van der Waals surface area contributed by atoms with E-state index in [1.165, 1.54) is 29.3 Å². The largest absolute Gasteiger partial charge is 0.463 e. The molecule has 0 aliphatic rings. The molecule has 1 N–H and O–H groups in total. The van der Waals surface area contributed by atoms with Gasteiger partial charge < -0.3 is 14.5 Å². The maximum atomic E-state index is 12.6. The van der Waals surface area contributed by atoms with Crippen LogP contribution < -0.4 is 10.7 Å². The van der Waals surface area contributed by atoms with Crippen LogP contribution in [0.5, 0.6) is 0 Å². The van der Waals surface area contributed by atoms with Crippen molar-refractivity contribution in [2.75, 3.05) is 11.9 Å². The Kier molecular flexibility index (Phi) is 5.39. The number of amides is 1. The molecule has 0 saturated heterocycles. The molecule has 1 amide bonds. The molecule has 3 aromatic rings. The summed E-state index contributed by atoms with van der Waals surface area (Å²) in [6.07, 6.45) is 5.18. The topological polar surface area (TPSA) is 103 Å². The van der Waals surface area contributed by atoms with Crippen molar-refractivity contribution >= 4 is 34.7 Å². The molecule has 0 aliphatic heterocycles. The van der Waals surface area contributed by atoms with Crippen LogP contribution in [0.4, 0.5) is 5.82 Å². The first-order valence-corrected chi connectivity index (χ1v) is 8.61. The third kappa shape index (κ3) is 3.85. The highest BCUT2D eigenvalue weighted by atomic mass is 16.5. The Hall–Kier alpha value is -3.68. The molecule has 8 heteroatoms. The molecular formula is C20H19N3O5. The highest BCUT2D eigenvalue weighted by Crippen LogP contribution is 2.16. The lowest BCUT2D eigenvalue weighted by atomic mass is 10.1. The number of ether oxygens (including phenoxy) is 1. The zero-order valence-corrected chi connectivity index (χ0v) is 15.7. The molecule has 0 radical (unpaired) electrons. The molecular weight excluding hydrogens is 362 g/mol. The Bertz CT molecular complexity index is 1140. The molecule has 0 fully saturated rings. The lowest BCUT2D eigenvalue weighted by Crippen LogP contribution is -2.15. The number of hydrogen-bond donors (Lipinski definition) is 1. The van der Waals surface area contributed by atoms with Gasteiger partial charge in [-0.05, 0) is 32.1 Å². The number of hydrogen-bond acceptors (Lipinski definition) is 6. The van der Waals surface area contributed by atoms with Gasteiger partial charge in [-0.2, -0.15) is 5.10 Å². The minimum atomic E-state index is -0.583. The summed E-state index contributed by atoms with van der Waals surface area (Å²) in [6, 6.07) is 5.31. The van der Waals surface area contributed by atoms with E-state index in [4.69, 9.17) is 9.15 Å². The molecule has 0 saturated carbocycles. The number of aryl methyl sites for hydroxylation is 2. The summed E-state index contributed by atoms with van der Waals surface area (Å²) in [5, 5.41) is 6.98. The normalized spacial score (nSPS) is 11.1. The molecule has 0 atom stereocenters. The average molecular weight is 381 g/mol. The lowest BCUT2D eigenvalue weighted by molar-refractivity contribution is -0.111. The van der Waals surface area contributed by atoms with Crippen molar-refractivity contribution in [3.63, 3.8) is 0 Å². The predicted octanol–water partition coefficient (Wildman–Crippen LogP) is 2.66. The number of nitrogens with zero attached hydrogens (tertiary/aromatic N) is 2. The minimum absolute atomic E-state index is 0.145. The van der Waals surface area contributed by atoms with Crippen LogP contribution in [0.15, 0.2) is 45.9 Å². The van der Waals surface area contributed by atoms with E-state index in [1.54, 1.807) is 26.1 Å². The Morgan fingerprint density at radius 1 is 1.36 bits per heavy atom. The summed E-state index contributed by atoms with van der Waals surface area (Å²) in [4.78, 5) is 36.8. The molecule has 0 spiro atoms. The van der Waals surface area contributed by atoms with Gasteiger partial charge >= 0.3 is 5.97 Å². The maximum absolute atomic E-state index is 12.6. The zero-order chi connectivity index (χ0) is 20.3. The van der Waals surface area contributed by atoms with Crippen LogP contribution in [0.1, 0.15) is 28.4 Å². The maximum Gasteiger partial charge on any atom is 0.343 e. The van der Waals surface area contributed by atoms with Gasteiger partial charge in [0.1, 0.15) is 23.2 Å². The molecule has 0 aliphatic carbocycles. The third-order valence-corrected chi connectivity index (χ3v) is 4.04. The van der Waals surface area contributed by atoms with Gasteiger partial charge in [0.05, 0.1) is 23.8 Å². The van der Waals surface area contributed by atoms with Crippen molar-refractivity contribution < 1.29 is 18.7 Å². The van der Waals surface area contributed by atoms with Crippen molar-refractivity contribution in [3.05, 3.63) is 63.6 Å². The van der Waals surface area contributed by atoms with E-state index >= 15 is 0 Å². The number of carbonyl (C=O) groups is 2. The Morgan fingerprint density at radius 2 is 2.14 bits per heavy atom. The third-order valence-electron chi connectivity index (χ3n) is 4.04. The van der Waals surface area contributed by atoms with Crippen molar-refractivity contribution in [3.8, 4) is 0 Å². The first-order valence-electron chi connectivity index (χ1n) is 8.61. The van der Waals surface area contributed by atoms with E-state index in [2.05, 4.69) is 10.4 Å². The highest BCUT2D eigenvalue weighted by molar-refractivity contribution is 6.05. The average Bonchev–Trinajstić information content (AvgIpc) is 3.02. The fraction of sp³-hybridized carbons (Fsp3) is 0.200. The molecule has 144 valence electrons. The predicted molar refractivity (Wildman–Crippen MR) is 104 cm³/mol. The van der Waals surface area contributed by atoms with Gasteiger partial charge in [-0.1, -0.05) is 11.6 Å². The number of carbonyl (C=O) groups excluding carboxylic acids is 2. The van der Waals surface area contributed by atoms with Crippen LogP contribution in [0.2, 0.25) is 0 Å². The zero-order valence-electron chi connectivity index (χ0n) is 15.7. The SMILES string of the molecule is CCOC(=O)c1cnn(C)c1NC(=O)/C=C/c1coc2ccc(C)cc2c1=O. The Morgan fingerprint density at radius 3 is 2.89 bits per heavy atom. The second-order valence-electron chi connectivity index (χ2n) is 6.09. The standard InChI is InChI=1S/C20H19N3O5/c1-4-27-20(26)15-10-21-23(3)19(15)22-17(24)8-6-13-11-28-16-7-5-12(2)9-14(16)18(13)25/h5-11H,4H2,1-3H3,(H,22,24)/b8-6+. The van der Waals surface area contributed by atoms with Crippen LogP contribution in [0, 0.1) is 6.92 Å². The van der Waals surface area contributed by atoms with E-state index < -0.39 is 11.9 Å².